The van der Waals surface area contributed by atoms with E-state index in [9.17, 15) is 4.79 Å². The van der Waals surface area contributed by atoms with Crippen LogP contribution in [0.4, 0.5) is 0 Å². The molecule has 0 bridgehead atoms. The molecule has 0 fully saturated rings. The molecule has 0 aromatic heterocycles. The van der Waals surface area contributed by atoms with Gasteiger partial charge in [0.15, 0.2) is 0 Å². The van der Waals surface area contributed by atoms with Gasteiger partial charge in [-0.05, 0) is 36.8 Å². The van der Waals surface area contributed by atoms with Gasteiger partial charge in [0, 0.05) is 5.56 Å². The molecule has 0 amide bonds. The second-order valence-electron chi connectivity index (χ2n) is 10.5. The molecule has 2 nitrogen and oxygen atoms in total. The minimum absolute atomic E-state index is 0.774. The first-order valence-electron chi connectivity index (χ1n) is 15.6. The van der Waals surface area contributed by atoms with Crippen molar-refractivity contribution in [1.82, 2.24) is 0 Å². The van der Waals surface area contributed by atoms with Gasteiger partial charge in [0.2, 0.25) is 0 Å². The Hall–Kier alpha value is -2.15. The van der Waals surface area contributed by atoms with E-state index in [0.717, 1.165) is 18.3 Å². The monoisotopic (exact) mass is 520 g/mol. The number of aryl methyl sites for hydroxylation is 2. The van der Waals surface area contributed by atoms with Crippen LogP contribution in [-0.2, 0) is 17.5 Å². The normalized spacial score (nSPS) is 10.1. The van der Waals surface area contributed by atoms with Crippen LogP contribution in [0.1, 0.15) is 151 Å². The Bertz CT molecular complexity index is 748. The topological polar surface area (TPSA) is 37.0 Å². The molecule has 0 radical (unpaired) electrons. The van der Waals surface area contributed by atoms with Gasteiger partial charge in [-0.1, -0.05) is 171 Å². The van der Waals surface area contributed by atoms with Crippen molar-refractivity contribution < 1.29 is 9.45 Å². The number of carbonyl (C=O) groups is 1. The van der Waals surface area contributed by atoms with Crippen LogP contribution in [0.25, 0.3) is 0 Å². The number of benzene rings is 2. The van der Waals surface area contributed by atoms with Gasteiger partial charge in [-0.3, -0.25) is 4.79 Å². The molecule has 0 saturated carbocycles. The Morgan fingerprint density at radius 2 is 0.842 bits per heavy atom. The summed E-state index contributed by atoms with van der Waals surface area (Å²) < 4.78 is 7.50. The second kappa shape index (κ2) is 29.4. The third-order valence-corrected chi connectivity index (χ3v) is 7.10. The number of hydrogen-bond donors (Lipinski definition) is 0. The second-order valence-corrected chi connectivity index (χ2v) is 10.5. The summed E-state index contributed by atoms with van der Waals surface area (Å²) in [5, 5.41) is 0. The Morgan fingerprint density at radius 1 is 0.500 bits per heavy atom. The molecule has 0 aliphatic rings. The molecule has 38 heavy (non-hydrogen) atoms. The van der Waals surface area contributed by atoms with Crippen LogP contribution in [0.15, 0.2) is 54.6 Å². The van der Waals surface area contributed by atoms with Crippen molar-refractivity contribution in [3.8, 4) is 0 Å². The van der Waals surface area contributed by atoms with Gasteiger partial charge in [0.05, 0.1) is 0 Å². The summed E-state index contributed by atoms with van der Waals surface area (Å²) in [6, 6.07) is 18.8. The molecule has 0 N–H and O–H groups in total. The van der Waals surface area contributed by atoms with Gasteiger partial charge in [0.25, 0.3) is 0 Å². The summed E-state index contributed by atoms with van der Waals surface area (Å²) in [6.07, 6.45) is 28.4. The maximum atomic E-state index is 10.5. The third-order valence-electron chi connectivity index (χ3n) is 7.10. The van der Waals surface area contributed by atoms with Crippen molar-refractivity contribution in [2.45, 2.75) is 142 Å². The fourth-order valence-corrected chi connectivity index (χ4v) is 4.69. The standard InChI is InChI=1S/C18H28O.C17H28.CO/c1-2-3-4-5-6-7-8-9-10-11-17-12-14-18(16-19)15-13-17;1-2-3-4-5-6-7-8-9-11-14-17-15-12-10-13-16-17;1-2/h12-16H,2-11H2,1H3;10,12-13,15-16H,2-9,11,14H2,1H3;. The predicted molar refractivity (Wildman–Crippen MR) is 164 cm³/mol. The van der Waals surface area contributed by atoms with Crippen molar-refractivity contribution >= 4 is 6.29 Å². The summed E-state index contributed by atoms with van der Waals surface area (Å²) in [5.41, 5.74) is 3.62. The Morgan fingerprint density at radius 3 is 1.21 bits per heavy atom. The summed E-state index contributed by atoms with van der Waals surface area (Å²) in [4.78, 5) is 10.5. The summed E-state index contributed by atoms with van der Waals surface area (Å²) >= 11 is 0. The van der Waals surface area contributed by atoms with Gasteiger partial charge < -0.3 is 0 Å². The molecule has 212 valence electrons. The van der Waals surface area contributed by atoms with Gasteiger partial charge in [-0.25, -0.2) is 0 Å². The van der Waals surface area contributed by atoms with Crippen LogP contribution in [0.5, 0.6) is 0 Å². The molecule has 2 aromatic carbocycles. The van der Waals surface area contributed by atoms with Crippen molar-refractivity contribution in [2.75, 3.05) is 0 Å². The average molecular weight is 521 g/mol. The van der Waals surface area contributed by atoms with Crippen molar-refractivity contribution in [3.63, 3.8) is 0 Å². The van der Waals surface area contributed by atoms with E-state index < -0.39 is 0 Å². The van der Waals surface area contributed by atoms with E-state index in [2.05, 4.69) is 63.0 Å². The zero-order valence-corrected chi connectivity index (χ0v) is 24.7. The fourth-order valence-electron chi connectivity index (χ4n) is 4.69. The third kappa shape index (κ3) is 23.0. The molecule has 0 aliphatic heterocycles. The Balaban J connectivity index is 0.000000680. The molecule has 0 spiro atoms. The Labute approximate surface area is 235 Å². The Kier molecular flexibility index (Phi) is 27.7. The molecule has 0 aliphatic carbocycles. The molecule has 0 saturated heterocycles. The van der Waals surface area contributed by atoms with Gasteiger partial charge >= 0.3 is 11.3 Å². The first kappa shape index (κ1) is 35.9. The number of hydrogen-bond acceptors (Lipinski definition) is 1. The van der Waals surface area contributed by atoms with E-state index >= 15 is 0 Å². The van der Waals surface area contributed by atoms with E-state index in [1.165, 1.54) is 133 Å². The molecule has 2 heteroatoms. The maximum absolute atomic E-state index is 10.5. The van der Waals surface area contributed by atoms with E-state index in [0.29, 0.717) is 0 Å². The predicted octanol–water partition coefficient (Wildman–Crippen LogP) is 11.3. The van der Waals surface area contributed by atoms with Crippen LogP contribution >= 0.6 is 0 Å². The zero-order chi connectivity index (χ0) is 27.9. The molecule has 2 rings (SSSR count). The number of unbranched alkanes of at least 4 members (excludes halogenated alkanes) is 16. The fraction of sp³-hybridized carbons (Fsp3) is 0.611. The van der Waals surface area contributed by atoms with Crippen LogP contribution in [-0.4, -0.2) is 6.29 Å². The van der Waals surface area contributed by atoms with Crippen LogP contribution in [0, 0.1) is 6.65 Å². The van der Waals surface area contributed by atoms with Crippen molar-refractivity contribution in [3.05, 3.63) is 77.9 Å². The van der Waals surface area contributed by atoms with Crippen LogP contribution < -0.4 is 0 Å². The summed E-state index contributed by atoms with van der Waals surface area (Å²) in [7, 11) is 0. The van der Waals surface area contributed by atoms with E-state index in [4.69, 9.17) is 4.65 Å². The van der Waals surface area contributed by atoms with Gasteiger partial charge in [-0.15, -0.1) is 0 Å². The SMILES string of the molecule is CCCCCCCCCCCc1ccc(C=O)cc1.CCCCCCCCCCCc1ccccc1.[C-]#[O+]. The first-order valence-corrected chi connectivity index (χ1v) is 15.6. The number of rotatable bonds is 21. The van der Waals surface area contributed by atoms with E-state index in [1.54, 1.807) is 0 Å². The number of carbonyl (C=O) groups excluding carboxylic acids is 1. The minimum atomic E-state index is 0.774. The molecule has 0 atom stereocenters. The molecular weight excluding hydrogens is 464 g/mol. The molecule has 0 unspecified atom stereocenters. The van der Waals surface area contributed by atoms with Crippen LogP contribution in [0.3, 0.4) is 0 Å². The zero-order valence-electron chi connectivity index (χ0n) is 24.7. The number of aldehydes is 1. The van der Waals surface area contributed by atoms with Crippen LogP contribution in [0.2, 0.25) is 0 Å². The molecule has 2 aromatic rings. The molecular formula is C36H56O2. The summed E-state index contributed by atoms with van der Waals surface area (Å²) in [5.74, 6) is 0. The summed E-state index contributed by atoms with van der Waals surface area (Å²) in [6.45, 7) is 9.05. The van der Waals surface area contributed by atoms with Crippen molar-refractivity contribution in [1.29, 1.82) is 0 Å². The van der Waals surface area contributed by atoms with Gasteiger partial charge in [-0.2, -0.15) is 0 Å². The average Bonchev–Trinajstić information content (AvgIpc) is 2.98. The van der Waals surface area contributed by atoms with E-state index in [1.807, 2.05) is 12.1 Å². The molecule has 0 heterocycles. The van der Waals surface area contributed by atoms with E-state index in [-0.39, 0.29) is 0 Å². The first-order chi connectivity index (χ1) is 18.8. The van der Waals surface area contributed by atoms with Crippen molar-refractivity contribution in [2.24, 2.45) is 0 Å². The quantitative estimate of drug-likeness (QED) is 0.0697. The van der Waals surface area contributed by atoms with Gasteiger partial charge in [0.1, 0.15) is 6.29 Å².